The highest BCUT2D eigenvalue weighted by molar-refractivity contribution is 6.04. The van der Waals surface area contributed by atoms with Crippen molar-refractivity contribution in [2.24, 2.45) is 29.1 Å². The maximum atomic E-state index is 12.2. The van der Waals surface area contributed by atoms with Gasteiger partial charge < -0.3 is 0 Å². The Morgan fingerprint density at radius 2 is 1.65 bits per heavy atom. The summed E-state index contributed by atoms with van der Waals surface area (Å²) in [5.41, 5.74) is 0.185. The third-order valence-corrected chi connectivity index (χ3v) is 6.06. The Labute approximate surface area is 119 Å². The van der Waals surface area contributed by atoms with Crippen LogP contribution in [-0.4, -0.2) is 23.3 Å². The van der Waals surface area contributed by atoms with Gasteiger partial charge in [-0.1, -0.05) is 0 Å². The van der Waals surface area contributed by atoms with Crippen molar-refractivity contribution >= 4 is 11.8 Å². The fraction of sp³-hybridized carbons (Fsp3) is 0.812. The normalized spacial score (nSPS) is 46.0. The van der Waals surface area contributed by atoms with Gasteiger partial charge in [0, 0.05) is 6.54 Å². The number of nitrogens with zero attached hydrogens (tertiary/aromatic N) is 2. The molecule has 5 aliphatic rings. The van der Waals surface area contributed by atoms with E-state index >= 15 is 0 Å². The van der Waals surface area contributed by atoms with E-state index in [9.17, 15) is 9.59 Å². The van der Waals surface area contributed by atoms with Crippen LogP contribution in [0, 0.1) is 40.4 Å². The monoisotopic (exact) mass is 272 g/mol. The zero-order chi connectivity index (χ0) is 13.9. The van der Waals surface area contributed by atoms with Gasteiger partial charge in [-0.15, -0.1) is 0 Å². The number of carbonyl (C=O) groups excluding carboxylic acids is 2. The lowest BCUT2D eigenvalue weighted by Crippen LogP contribution is -2.52. The Bertz CT molecular complexity index is 484. The molecule has 0 spiro atoms. The van der Waals surface area contributed by atoms with Crippen LogP contribution in [0.2, 0.25) is 0 Å². The summed E-state index contributed by atoms with van der Waals surface area (Å²) in [5, 5.41) is 8.95. The molecule has 0 radical (unpaired) electrons. The van der Waals surface area contributed by atoms with Gasteiger partial charge in [0.05, 0.1) is 12.5 Å². The van der Waals surface area contributed by atoms with E-state index in [1.54, 1.807) is 0 Å². The van der Waals surface area contributed by atoms with Crippen LogP contribution in [0.1, 0.15) is 44.9 Å². The van der Waals surface area contributed by atoms with Gasteiger partial charge >= 0.3 is 0 Å². The quantitative estimate of drug-likeness (QED) is 0.723. The van der Waals surface area contributed by atoms with E-state index in [0.717, 1.165) is 17.8 Å². The van der Waals surface area contributed by atoms with Gasteiger partial charge in [-0.05, 0) is 61.7 Å². The van der Waals surface area contributed by atoms with Crippen molar-refractivity contribution in [1.82, 2.24) is 4.90 Å². The summed E-state index contributed by atoms with van der Waals surface area (Å²) in [4.78, 5) is 25.6. The van der Waals surface area contributed by atoms with Gasteiger partial charge in [-0.3, -0.25) is 14.5 Å². The van der Waals surface area contributed by atoms with Gasteiger partial charge in [-0.25, -0.2) is 0 Å². The molecule has 106 valence electrons. The van der Waals surface area contributed by atoms with Crippen LogP contribution in [0.3, 0.4) is 0 Å². The summed E-state index contributed by atoms with van der Waals surface area (Å²) in [7, 11) is 0. The molecule has 4 heteroatoms. The highest BCUT2D eigenvalue weighted by Crippen LogP contribution is 2.60. The molecule has 0 aromatic carbocycles. The van der Waals surface area contributed by atoms with Crippen LogP contribution in [0.25, 0.3) is 0 Å². The van der Waals surface area contributed by atoms with Crippen LogP contribution in [0.15, 0.2) is 0 Å². The van der Waals surface area contributed by atoms with Gasteiger partial charge in [0.2, 0.25) is 11.8 Å². The number of likely N-dealkylation sites (tertiary alicyclic amines) is 1. The summed E-state index contributed by atoms with van der Waals surface area (Å²) in [6.45, 7) is 0.590. The minimum atomic E-state index is -0.726. The lowest BCUT2D eigenvalue weighted by molar-refractivity contribution is -0.145. The molecule has 20 heavy (non-hydrogen) atoms. The molecule has 4 saturated carbocycles. The third-order valence-electron chi connectivity index (χ3n) is 6.06. The number of hydrogen-bond donors (Lipinski definition) is 0. The fourth-order valence-electron chi connectivity index (χ4n) is 5.77. The van der Waals surface area contributed by atoms with E-state index < -0.39 is 5.92 Å². The van der Waals surface area contributed by atoms with E-state index in [4.69, 9.17) is 5.26 Å². The third kappa shape index (κ3) is 1.72. The molecule has 4 nitrogen and oxygen atoms in total. The number of rotatable bonds is 2. The summed E-state index contributed by atoms with van der Waals surface area (Å²) in [5.74, 6) is 1.37. The fourth-order valence-corrected chi connectivity index (χ4v) is 5.77. The zero-order valence-corrected chi connectivity index (χ0v) is 11.7. The summed E-state index contributed by atoms with van der Waals surface area (Å²) < 4.78 is 0. The van der Waals surface area contributed by atoms with Crippen molar-refractivity contribution in [1.29, 1.82) is 5.26 Å². The molecule has 4 bridgehead atoms. The van der Waals surface area contributed by atoms with Crippen LogP contribution in [0.4, 0.5) is 0 Å². The standard InChI is InChI=1S/C16H20N2O2/c17-8-13-4-14(19)18(15(13)20)9-16-5-10-1-11(6-16)3-12(2-10)7-16/h10-13H,1-7,9H2. The van der Waals surface area contributed by atoms with E-state index in [2.05, 4.69) is 0 Å². The van der Waals surface area contributed by atoms with Gasteiger partial charge in [0.1, 0.15) is 5.92 Å². The zero-order valence-electron chi connectivity index (χ0n) is 11.7. The lowest BCUT2D eigenvalue weighted by atomic mass is 9.49. The molecule has 1 unspecified atom stereocenters. The Morgan fingerprint density at radius 1 is 1.10 bits per heavy atom. The predicted molar refractivity (Wildman–Crippen MR) is 71.0 cm³/mol. The second-order valence-corrected chi connectivity index (χ2v) is 7.62. The molecule has 5 fully saturated rings. The predicted octanol–water partition coefficient (Wildman–Crippen LogP) is 2.10. The minimum Gasteiger partial charge on any atom is -0.281 e. The number of amides is 2. The van der Waals surface area contributed by atoms with Crippen molar-refractivity contribution in [2.75, 3.05) is 6.54 Å². The van der Waals surface area contributed by atoms with E-state index in [0.29, 0.717) is 6.54 Å². The Morgan fingerprint density at radius 3 is 2.10 bits per heavy atom. The van der Waals surface area contributed by atoms with Crippen LogP contribution in [-0.2, 0) is 9.59 Å². The molecule has 0 aromatic rings. The first kappa shape index (κ1) is 12.4. The van der Waals surface area contributed by atoms with Gasteiger partial charge in [0.15, 0.2) is 0 Å². The van der Waals surface area contributed by atoms with E-state index in [1.807, 2.05) is 6.07 Å². The number of hydrogen-bond acceptors (Lipinski definition) is 3. The molecule has 0 aromatic heterocycles. The first-order chi connectivity index (χ1) is 9.58. The summed E-state index contributed by atoms with van der Waals surface area (Å²) in [6.07, 6.45) is 7.75. The molecular formula is C16H20N2O2. The maximum Gasteiger partial charge on any atom is 0.247 e. The molecule has 4 aliphatic carbocycles. The highest BCUT2D eigenvalue weighted by atomic mass is 16.2. The van der Waals surface area contributed by atoms with Gasteiger partial charge in [-0.2, -0.15) is 5.26 Å². The van der Waals surface area contributed by atoms with Crippen molar-refractivity contribution in [2.45, 2.75) is 44.9 Å². The average molecular weight is 272 g/mol. The molecule has 5 rings (SSSR count). The Hall–Kier alpha value is -1.37. The number of carbonyl (C=O) groups is 2. The highest BCUT2D eigenvalue weighted by Gasteiger charge is 2.53. The smallest absolute Gasteiger partial charge is 0.247 e. The minimum absolute atomic E-state index is 0.0989. The largest absolute Gasteiger partial charge is 0.281 e. The van der Waals surface area contributed by atoms with E-state index in [1.165, 1.54) is 43.4 Å². The van der Waals surface area contributed by atoms with Crippen molar-refractivity contribution in [3.63, 3.8) is 0 Å². The van der Waals surface area contributed by atoms with Crippen LogP contribution in [0.5, 0.6) is 0 Å². The molecule has 2 amide bonds. The SMILES string of the molecule is N#CC1CC(=O)N(CC23CC4CC(CC(C4)C2)C3)C1=O. The van der Waals surface area contributed by atoms with E-state index in [-0.39, 0.29) is 23.7 Å². The second kappa shape index (κ2) is 4.07. The maximum absolute atomic E-state index is 12.2. The first-order valence-corrected chi connectivity index (χ1v) is 7.82. The molecule has 0 N–H and O–H groups in total. The Balaban J connectivity index is 1.56. The summed E-state index contributed by atoms with van der Waals surface area (Å²) >= 11 is 0. The van der Waals surface area contributed by atoms with Crippen molar-refractivity contribution in [3.05, 3.63) is 0 Å². The first-order valence-electron chi connectivity index (χ1n) is 7.82. The topological polar surface area (TPSA) is 61.2 Å². The van der Waals surface area contributed by atoms with Gasteiger partial charge in [0.25, 0.3) is 0 Å². The molecule has 1 atom stereocenters. The van der Waals surface area contributed by atoms with Crippen LogP contribution < -0.4 is 0 Å². The molecular weight excluding hydrogens is 252 g/mol. The van der Waals surface area contributed by atoms with Crippen LogP contribution >= 0.6 is 0 Å². The number of imide groups is 1. The lowest BCUT2D eigenvalue weighted by Gasteiger charge is -2.57. The molecule has 1 saturated heterocycles. The second-order valence-electron chi connectivity index (χ2n) is 7.62. The summed E-state index contributed by atoms with van der Waals surface area (Å²) in [6, 6.07) is 1.97. The average Bonchev–Trinajstić information content (AvgIpc) is 2.64. The Kier molecular flexibility index (Phi) is 2.52. The molecule has 1 aliphatic heterocycles. The van der Waals surface area contributed by atoms with Crippen molar-refractivity contribution in [3.8, 4) is 6.07 Å². The van der Waals surface area contributed by atoms with Crippen molar-refractivity contribution < 1.29 is 9.59 Å². The number of nitriles is 1. The molecule has 1 heterocycles.